The Morgan fingerprint density at radius 1 is 1.13 bits per heavy atom. The molecule has 0 N–H and O–H groups in total. The Bertz CT molecular complexity index is 1010. The fourth-order valence-corrected chi connectivity index (χ4v) is 6.80. The van der Waals surface area contributed by atoms with Gasteiger partial charge in [-0.25, -0.2) is 0 Å². The van der Waals surface area contributed by atoms with Gasteiger partial charge in [-0.05, 0) is 86.2 Å². The number of benzene rings is 2. The monoisotopic (exact) mass is 599 g/mol. The van der Waals surface area contributed by atoms with Crippen LogP contribution in [0.15, 0.2) is 50.2 Å². The minimum atomic E-state index is 0.0252. The second-order valence-corrected chi connectivity index (χ2v) is 11.4. The van der Waals surface area contributed by atoms with Crippen molar-refractivity contribution in [3.8, 4) is 5.75 Å². The summed E-state index contributed by atoms with van der Waals surface area (Å²) >= 11 is 20.1. The zero-order valence-electron chi connectivity index (χ0n) is 16.6. The number of nitrogens with zero attached hydrogens (tertiary/aromatic N) is 1. The molecule has 1 aliphatic carbocycles. The van der Waals surface area contributed by atoms with Gasteiger partial charge in [0.05, 0.1) is 13.9 Å². The van der Waals surface area contributed by atoms with Crippen LogP contribution in [0.5, 0.6) is 5.75 Å². The summed E-state index contributed by atoms with van der Waals surface area (Å²) in [5, 5.41) is 0.698. The molecule has 1 heterocycles. The predicted molar refractivity (Wildman–Crippen MR) is 140 cm³/mol. The molecule has 3 nitrogen and oxygen atoms in total. The third-order valence-electron chi connectivity index (χ3n) is 5.38. The lowest BCUT2D eigenvalue weighted by Gasteiger charge is -2.29. The Balaban J connectivity index is 1.49. The van der Waals surface area contributed by atoms with E-state index in [-0.39, 0.29) is 11.9 Å². The summed E-state index contributed by atoms with van der Waals surface area (Å²) in [5.41, 5.74) is 1.93. The smallest absolute Gasteiger partial charge is 0.266 e. The predicted octanol–water partition coefficient (Wildman–Crippen LogP) is 7.98. The molecular formula is C23H20Br2ClNO2S2. The van der Waals surface area contributed by atoms with E-state index in [4.69, 9.17) is 28.6 Å². The summed E-state index contributed by atoms with van der Waals surface area (Å²) < 4.78 is 8.29. The molecule has 0 aromatic heterocycles. The number of halogens is 3. The topological polar surface area (TPSA) is 29.5 Å². The average molecular weight is 602 g/mol. The van der Waals surface area contributed by atoms with Gasteiger partial charge < -0.3 is 4.74 Å². The normalized spacial score (nSPS) is 18.8. The highest BCUT2D eigenvalue weighted by atomic mass is 79.9. The molecule has 1 saturated heterocycles. The van der Waals surface area contributed by atoms with Gasteiger partial charge in [0.2, 0.25) is 0 Å². The fourth-order valence-electron chi connectivity index (χ4n) is 3.82. The number of hydrogen-bond donors (Lipinski definition) is 0. The molecule has 0 bridgehead atoms. The summed E-state index contributed by atoms with van der Waals surface area (Å²) in [6.07, 6.45) is 7.56. The van der Waals surface area contributed by atoms with Gasteiger partial charge in [-0.15, -0.1) is 0 Å². The molecule has 8 heteroatoms. The van der Waals surface area contributed by atoms with Crippen molar-refractivity contribution in [2.45, 2.75) is 44.8 Å². The Hall–Kier alpha value is -0.860. The summed E-state index contributed by atoms with van der Waals surface area (Å²) in [5.74, 6) is 0.735. The average Bonchev–Trinajstić information content (AvgIpc) is 3.02. The van der Waals surface area contributed by atoms with Crippen LogP contribution in [0.25, 0.3) is 6.08 Å². The molecule has 1 amide bonds. The molecule has 1 aliphatic heterocycles. The fraction of sp³-hybridized carbons (Fsp3) is 0.304. The van der Waals surface area contributed by atoms with Crippen LogP contribution in [-0.4, -0.2) is 21.2 Å². The third-order valence-corrected chi connectivity index (χ3v) is 8.14. The highest BCUT2D eigenvalue weighted by Crippen LogP contribution is 2.40. The van der Waals surface area contributed by atoms with Gasteiger partial charge in [-0.1, -0.05) is 67.0 Å². The van der Waals surface area contributed by atoms with Gasteiger partial charge in [-0.2, -0.15) is 0 Å². The Kier molecular flexibility index (Phi) is 7.81. The van der Waals surface area contributed by atoms with E-state index in [1.165, 1.54) is 18.2 Å². The molecule has 0 spiro atoms. The lowest BCUT2D eigenvalue weighted by Crippen LogP contribution is -2.39. The first-order valence-corrected chi connectivity index (χ1v) is 13.2. The maximum Gasteiger partial charge on any atom is 0.266 e. The highest BCUT2D eigenvalue weighted by Gasteiger charge is 2.37. The first kappa shape index (κ1) is 23.3. The van der Waals surface area contributed by atoms with Crippen molar-refractivity contribution in [2.75, 3.05) is 0 Å². The molecule has 31 heavy (non-hydrogen) atoms. The number of ether oxygens (including phenoxy) is 1. The van der Waals surface area contributed by atoms with Crippen molar-refractivity contribution in [1.29, 1.82) is 0 Å². The van der Waals surface area contributed by atoms with Crippen molar-refractivity contribution >= 4 is 83.7 Å². The van der Waals surface area contributed by atoms with Crippen LogP contribution in [0.2, 0.25) is 5.02 Å². The van der Waals surface area contributed by atoms with E-state index < -0.39 is 0 Å². The van der Waals surface area contributed by atoms with E-state index in [9.17, 15) is 4.79 Å². The number of amides is 1. The maximum absolute atomic E-state index is 13.0. The minimum Gasteiger partial charge on any atom is -0.487 e. The quantitative estimate of drug-likeness (QED) is 0.257. The second-order valence-electron chi connectivity index (χ2n) is 7.57. The molecule has 4 rings (SSSR count). The van der Waals surface area contributed by atoms with Crippen LogP contribution in [-0.2, 0) is 11.4 Å². The lowest BCUT2D eigenvalue weighted by atomic mass is 9.94. The zero-order chi connectivity index (χ0) is 22.0. The second kappa shape index (κ2) is 10.4. The maximum atomic E-state index is 13.0. The molecule has 2 aromatic rings. The van der Waals surface area contributed by atoms with Gasteiger partial charge in [0, 0.05) is 11.1 Å². The number of hydrogen-bond acceptors (Lipinski definition) is 4. The van der Waals surface area contributed by atoms with Gasteiger partial charge in [0.15, 0.2) is 0 Å². The van der Waals surface area contributed by atoms with E-state index in [0.29, 0.717) is 26.6 Å². The van der Waals surface area contributed by atoms with E-state index in [1.54, 1.807) is 0 Å². The largest absolute Gasteiger partial charge is 0.487 e. The first-order valence-electron chi connectivity index (χ1n) is 10.1. The van der Waals surface area contributed by atoms with Crippen molar-refractivity contribution in [2.24, 2.45) is 0 Å². The highest BCUT2D eigenvalue weighted by molar-refractivity contribution is 9.11. The molecule has 0 radical (unpaired) electrons. The molecular weight excluding hydrogens is 582 g/mol. The summed E-state index contributed by atoms with van der Waals surface area (Å²) in [6.45, 7) is 0.424. The Morgan fingerprint density at radius 3 is 2.42 bits per heavy atom. The van der Waals surface area contributed by atoms with Crippen LogP contribution < -0.4 is 4.74 Å². The number of thiocarbonyl (C=S) groups is 1. The first-order chi connectivity index (χ1) is 14.9. The van der Waals surface area contributed by atoms with E-state index >= 15 is 0 Å². The van der Waals surface area contributed by atoms with Crippen LogP contribution >= 0.6 is 67.4 Å². The minimum absolute atomic E-state index is 0.0252. The van der Waals surface area contributed by atoms with Gasteiger partial charge >= 0.3 is 0 Å². The van der Waals surface area contributed by atoms with E-state index in [1.807, 2.05) is 47.4 Å². The molecule has 2 aliphatic rings. The van der Waals surface area contributed by atoms with Crippen LogP contribution in [0.1, 0.15) is 43.2 Å². The number of carbonyl (C=O) groups is 1. The van der Waals surface area contributed by atoms with Gasteiger partial charge in [0.25, 0.3) is 5.91 Å². The molecule has 2 fully saturated rings. The molecule has 0 atom stereocenters. The zero-order valence-corrected chi connectivity index (χ0v) is 22.1. The SMILES string of the molecule is O=C1/C(=C/c2cc(Br)c(OCc3ccc(Cl)cc3)c(Br)c2)SC(=S)N1C1CCCCC1. The van der Waals surface area contributed by atoms with E-state index in [0.717, 1.165) is 45.8 Å². The summed E-state index contributed by atoms with van der Waals surface area (Å²) in [4.78, 5) is 15.5. The van der Waals surface area contributed by atoms with Crippen LogP contribution in [0.4, 0.5) is 0 Å². The third kappa shape index (κ3) is 5.56. The van der Waals surface area contributed by atoms with Gasteiger partial charge in [0.1, 0.15) is 16.7 Å². The number of thioether (sulfide) groups is 1. The van der Waals surface area contributed by atoms with Crippen LogP contribution in [0.3, 0.4) is 0 Å². The van der Waals surface area contributed by atoms with Crippen molar-refractivity contribution < 1.29 is 9.53 Å². The summed E-state index contributed by atoms with van der Waals surface area (Å²) in [6, 6.07) is 11.7. The lowest BCUT2D eigenvalue weighted by molar-refractivity contribution is -0.124. The Morgan fingerprint density at radius 2 is 1.77 bits per heavy atom. The standard InChI is InChI=1S/C23H20Br2ClNO2S2/c24-18-10-15(11-19(25)21(18)29-13-14-6-8-16(26)9-7-14)12-20-22(28)27(23(30)31-20)17-4-2-1-3-5-17/h6-12,17H,1-5,13H2/b20-12-. The van der Waals surface area contributed by atoms with Gasteiger partial charge in [-0.3, -0.25) is 9.69 Å². The van der Waals surface area contributed by atoms with Crippen LogP contribution in [0, 0.1) is 0 Å². The summed E-state index contributed by atoms with van der Waals surface area (Å²) in [7, 11) is 0. The number of carbonyl (C=O) groups excluding carboxylic acids is 1. The van der Waals surface area contributed by atoms with E-state index in [2.05, 4.69) is 31.9 Å². The molecule has 2 aromatic carbocycles. The Labute approximate surface area is 213 Å². The molecule has 0 unspecified atom stereocenters. The number of rotatable bonds is 5. The molecule has 162 valence electrons. The van der Waals surface area contributed by atoms with Crippen molar-refractivity contribution in [3.63, 3.8) is 0 Å². The van der Waals surface area contributed by atoms with Crippen molar-refractivity contribution in [3.05, 3.63) is 66.4 Å². The van der Waals surface area contributed by atoms with Crippen molar-refractivity contribution in [1.82, 2.24) is 4.90 Å². The molecule has 1 saturated carbocycles.